The first-order valence-corrected chi connectivity index (χ1v) is 8.75. The van der Waals surface area contributed by atoms with Gasteiger partial charge < -0.3 is 5.32 Å². The summed E-state index contributed by atoms with van der Waals surface area (Å²) in [6, 6.07) is 1.32. The van der Waals surface area contributed by atoms with E-state index in [1.807, 2.05) is 10.9 Å². The second-order valence-corrected chi connectivity index (χ2v) is 6.90. The zero-order valence-corrected chi connectivity index (χ0v) is 13.6. The lowest BCUT2D eigenvalue weighted by Crippen LogP contribution is -2.57. The van der Waals surface area contributed by atoms with Crippen molar-refractivity contribution in [2.45, 2.75) is 71.1 Å². The summed E-state index contributed by atoms with van der Waals surface area (Å²) in [6.07, 6.45) is 11.4. The molecule has 2 atom stereocenters. The van der Waals surface area contributed by atoms with E-state index in [2.05, 4.69) is 35.4 Å². The van der Waals surface area contributed by atoms with E-state index in [0.29, 0.717) is 12.1 Å². The van der Waals surface area contributed by atoms with Crippen LogP contribution in [-0.4, -0.2) is 39.9 Å². The van der Waals surface area contributed by atoms with Crippen molar-refractivity contribution >= 4 is 0 Å². The van der Waals surface area contributed by atoms with E-state index in [4.69, 9.17) is 0 Å². The van der Waals surface area contributed by atoms with Gasteiger partial charge in [-0.1, -0.05) is 19.3 Å². The van der Waals surface area contributed by atoms with Gasteiger partial charge in [0.2, 0.25) is 0 Å². The van der Waals surface area contributed by atoms with Crippen molar-refractivity contribution in [3.8, 4) is 0 Å². The number of aryl methyl sites for hydroxylation is 1. The van der Waals surface area contributed by atoms with Crippen molar-refractivity contribution in [1.29, 1.82) is 0 Å². The molecule has 4 nitrogen and oxygen atoms in total. The van der Waals surface area contributed by atoms with Crippen LogP contribution in [0.15, 0.2) is 12.4 Å². The molecule has 2 aliphatic rings. The van der Waals surface area contributed by atoms with Crippen molar-refractivity contribution in [3.05, 3.63) is 18.0 Å². The Hall–Kier alpha value is -0.870. The van der Waals surface area contributed by atoms with Gasteiger partial charge in [0.1, 0.15) is 0 Å². The molecule has 0 aromatic carbocycles. The van der Waals surface area contributed by atoms with Crippen molar-refractivity contribution in [1.82, 2.24) is 20.0 Å². The van der Waals surface area contributed by atoms with Crippen LogP contribution in [0.1, 0.15) is 51.5 Å². The predicted octanol–water partition coefficient (Wildman–Crippen LogP) is 2.65. The summed E-state index contributed by atoms with van der Waals surface area (Å²) in [4.78, 5) is 2.65. The van der Waals surface area contributed by atoms with Gasteiger partial charge in [-0.2, -0.15) is 5.10 Å². The molecule has 3 rings (SSSR count). The molecule has 0 radical (unpaired) electrons. The number of nitrogens with zero attached hydrogens (tertiary/aromatic N) is 3. The van der Waals surface area contributed by atoms with E-state index in [1.165, 1.54) is 44.2 Å². The van der Waals surface area contributed by atoms with Crippen LogP contribution in [0.3, 0.4) is 0 Å². The number of hydrogen-bond acceptors (Lipinski definition) is 3. The lowest BCUT2D eigenvalue weighted by atomic mass is 9.82. The second kappa shape index (κ2) is 6.93. The monoisotopic (exact) mass is 290 g/mol. The number of aromatic nitrogens is 2. The van der Waals surface area contributed by atoms with Crippen molar-refractivity contribution in [3.63, 3.8) is 0 Å². The van der Waals surface area contributed by atoms with Gasteiger partial charge in [0.15, 0.2) is 0 Å². The van der Waals surface area contributed by atoms with Crippen molar-refractivity contribution in [2.24, 2.45) is 5.92 Å². The van der Waals surface area contributed by atoms with Crippen LogP contribution in [0.5, 0.6) is 0 Å². The third kappa shape index (κ3) is 3.67. The van der Waals surface area contributed by atoms with Crippen LogP contribution >= 0.6 is 0 Å². The molecular weight excluding hydrogens is 260 g/mol. The van der Waals surface area contributed by atoms with Gasteiger partial charge in [-0.25, -0.2) is 0 Å². The number of rotatable bonds is 4. The summed E-state index contributed by atoms with van der Waals surface area (Å²) in [5.41, 5.74) is 1.35. The van der Waals surface area contributed by atoms with Gasteiger partial charge in [-0.3, -0.25) is 9.58 Å². The zero-order valence-electron chi connectivity index (χ0n) is 13.6. The molecule has 1 aromatic rings. The normalized spacial score (nSPS) is 28.9. The minimum absolute atomic E-state index is 0.620. The summed E-state index contributed by atoms with van der Waals surface area (Å²) in [5.74, 6) is 0.895. The standard InChI is InChI=1S/C17H30N4/c1-3-21-12-15(10-19-21)11-20-13-17(18-9-14(20)2)16-7-5-4-6-8-16/h10,12,14,16-18H,3-9,11,13H2,1-2H3. The molecule has 1 saturated heterocycles. The van der Waals surface area contributed by atoms with E-state index in [1.54, 1.807) is 0 Å². The predicted molar refractivity (Wildman–Crippen MR) is 86.1 cm³/mol. The number of piperazine rings is 1. The first-order valence-electron chi connectivity index (χ1n) is 8.75. The SMILES string of the molecule is CCn1cc(CN2CC(C3CCCCC3)NCC2C)cn1. The third-order valence-electron chi connectivity index (χ3n) is 5.35. The zero-order chi connectivity index (χ0) is 14.7. The van der Waals surface area contributed by atoms with Gasteiger partial charge in [0.25, 0.3) is 0 Å². The van der Waals surface area contributed by atoms with Gasteiger partial charge in [0.05, 0.1) is 6.20 Å². The molecule has 21 heavy (non-hydrogen) atoms. The van der Waals surface area contributed by atoms with Gasteiger partial charge in [-0.05, 0) is 32.6 Å². The summed E-state index contributed by atoms with van der Waals surface area (Å²) in [5, 5.41) is 8.22. The first kappa shape index (κ1) is 15.0. The number of hydrogen-bond donors (Lipinski definition) is 1. The molecule has 0 spiro atoms. The Kier molecular flexibility index (Phi) is 4.96. The molecule has 0 bridgehead atoms. The third-order valence-corrected chi connectivity index (χ3v) is 5.35. The van der Waals surface area contributed by atoms with Crippen molar-refractivity contribution < 1.29 is 0 Å². The minimum Gasteiger partial charge on any atom is -0.311 e. The first-order chi connectivity index (χ1) is 10.3. The van der Waals surface area contributed by atoms with Crippen LogP contribution in [0, 0.1) is 5.92 Å². The van der Waals surface area contributed by atoms with Crippen LogP contribution < -0.4 is 5.32 Å². The maximum atomic E-state index is 4.41. The van der Waals surface area contributed by atoms with Gasteiger partial charge in [0, 0.05) is 50.0 Å². The minimum atomic E-state index is 0.620. The molecule has 2 heterocycles. The van der Waals surface area contributed by atoms with E-state index >= 15 is 0 Å². The highest BCUT2D eigenvalue weighted by Crippen LogP contribution is 2.28. The van der Waals surface area contributed by atoms with Gasteiger partial charge in [-0.15, -0.1) is 0 Å². The topological polar surface area (TPSA) is 33.1 Å². The maximum absolute atomic E-state index is 4.41. The molecular formula is C17H30N4. The Morgan fingerprint density at radius 2 is 2.10 bits per heavy atom. The Balaban J connectivity index is 1.60. The lowest BCUT2D eigenvalue weighted by Gasteiger charge is -2.42. The fourth-order valence-corrected chi connectivity index (χ4v) is 3.92. The Morgan fingerprint density at radius 1 is 1.29 bits per heavy atom. The summed E-state index contributed by atoms with van der Waals surface area (Å²) in [7, 11) is 0. The van der Waals surface area contributed by atoms with E-state index in [9.17, 15) is 0 Å². The molecule has 4 heteroatoms. The van der Waals surface area contributed by atoms with Crippen LogP contribution in [0.25, 0.3) is 0 Å². The molecule has 1 saturated carbocycles. The fourth-order valence-electron chi connectivity index (χ4n) is 3.92. The summed E-state index contributed by atoms with van der Waals surface area (Å²) < 4.78 is 2.03. The van der Waals surface area contributed by atoms with Crippen LogP contribution in [-0.2, 0) is 13.1 Å². The molecule has 2 fully saturated rings. The lowest BCUT2D eigenvalue weighted by molar-refractivity contribution is 0.0980. The Bertz CT molecular complexity index is 436. The van der Waals surface area contributed by atoms with E-state index < -0.39 is 0 Å². The smallest absolute Gasteiger partial charge is 0.0534 e. The second-order valence-electron chi connectivity index (χ2n) is 6.90. The van der Waals surface area contributed by atoms with E-state index in [-0.39, 0.29) is 0 Å². The van der Waals surface area contributed by atoms with Crippen LogP contribution in [0.4, 0.5) is 0 Å². The molecule has 0 amide bonds. The average Bonchev–Trinajstić information content (AvgIpc) is 2.98. The maximum Gasteiger partial charge on any atom is 0.0534 e. The molecule has 1 N–H and O–H groups in total. The highest BCUT2D eigenvalue weighted by Gasteiger charge is 2.31. The van der Waals surface area contributed by atoms with E-state index in [0.717, 1.165) is 25.6 Å². The molecule has 2 unspecified atom stereocenters. The fraction of sp³-hybridized carbons (Fsp3) is 0.824. The highest BCUT2D eigenvalue weighted by atomic mass is 15.3. The van der Waals surface area contributed by atoms with Crippen molar-refractivity contribution in [2.75, 3.05) is 13.1 Å². The number of nitrogens with one attached hydrogen (secondary N) is 1. The molecule has 1 aliphatic heterocycles. The highest BCUT2D eigenvalue weighted by molar-refractivity contribution is 5.05. The van der Waals surface area contributed by atoms with Gasteiger partial charge >= 0.3 is 0 Å². The Morgan fingerprint density at radius 3 is 2.81 bits per heavy atom. The largest absolute Gasteiger partial charge is 0.311 e. The molecule has 1 aliphatic carbocycles. The summed E-state index contributed by atoms with van der Waals surface area (Å²) in [6.45, 7) is 8.82. The quantitative estimate of drug-likeness (QED) is 0.925. The average molecular weight is 290 g/mol. The summed E-state index contributed by atoms with van der Waals surface area (Å²) >= 11 is 0. The van der Waals surface area contributed by atoms with Crippen LogP contribution in [0.2, 0.25) is 0 Å². The molecule has 118 valence electrons. The molecule has 1 aromatic heterocycles. The Labute approximate surface area is 128 Å².